The number of pyridine rings is 1. The van der Waals surface area contributed by atoms with Gasteiger partial charge in [0.2, 0.25) is 0 Å². The summed E-state index contributed by atoms with van der Waals surface area (Å²) >= 11 is 6.28. The number of nitrogens with zero attached hydrogens (tertiary/aromatic N) is 1. The Kier molecular flexibility index (Phi) is 7.05. The van der Waals surface area contributed by atoms with E-state index >= 15 is 0 Å². The van der Waals surface area contributed by atoms with Crippen molar-refractivity contribution in [3.63, 3.8) is 0 Å². The van der Waals surface area contributed by atoms with Gasteiger partial charge in [-0.2, -0.15) is 0 Å². The summed E-state index contributed by atoms with van der Waals surface area (Å²) in [4.78, 5) is 17.3. The van der Waals surface area contributed by atoms with Crippen LogP contribution in [-0.4, -0.2) is 38.3 Å². The van der Waals surface area contributed by atoms with Gasteiger partial charge in [-0.1, -0.05) is 23.7 Å². The van der Waals surface area contributed by atoms with E-state index in [4.69, 9.17) is 21.1 Å². The van der Waals surface area contributed by atoms with E-state index < -0.39 is 0 Å². The molecule has 0 fully saturated rings. The molecule has 0 aliphatic rings. The Morgan fingerprint density at radius 3 is 2.72 bits per heavy atom. The molecule has 0 radical (unpaired) electrons. The second-order valence-corrected chi connectivity index (χ2v) is 6.61. The standard InChI is InChI=1S/C22H22ClN3O3/c1-28-12-11-24-20-13-15(21-19(23)7-4-10-25-21)8-9-18(20)22(27)26-16-5-3-6-17(14-16)29-2/h3-10,13-14,24H,11-12H2,1-2H3,(H,26,27). The highest BCUT2D eigenvalue weighted by molar-refractivity contribution is 6.33. The van der Waals surface area contributed by atoms with Crippen LogP contribution in [-0.2, 0) is 4.74 Å². The SMILES string of the molecule is COCCNc1cc(-c2ncccc2Cl)ccc1C(=O)Nc1cccc(OC)c1. The maximum Gasteiger partial charge on any atom is 0.257 e. The molecule has 2 N–H and O–H groups in total. The molecule has 0 saturated carbocycles. The predicted octanol–water partition coefficient (Wildman–Crippen LogP) is 4.72. The number of halogens is 1. The highest BCUT2D eigenvalue weighted by atomic mass is 35.5. The number of carbonyl (C=O) groups is 1. The smallest absolute Gasteiger partial charge is 0.257 e. The number of nitrogens with one attached hydrogen (secondary N) is 2. The normalized spacial score (nSPS) is 10.4. The van der Waals surface area contributed by atoms with Crippen molar-refractivity contribution in [2.45, 2.75) is 0 Å². The monoisotopic (exact) mass is 411 g/mol. The van der Waals surface area contributed by atoms with Gasteiger partial charge in [0.25, 0.3) is 5.91 Å². The molecule has 0 unspecified atom stereocenters. The molecular formula is C22H22ClN3O3. The van der Waals surface area contributed by atoms with Crippen LogP contribution in [0.15, 0.2) is 60.8 Å². The number of rotatable bonds is 8. The molecule has 150 valence electrons. The minimum atomic E-state index is -0.239. The third-order valence-electron chi connectivity index (χ3n) is 4.25. The van der Waals surface area contributed by atoms with Gasteiger partial charge in [0.05, 0.1) is 30.0 Å². The van der Waals surface area contributed by atoms with Crippen LogP contribution in [0.3, 0.4) is 0 Å². The van der Waals surface area contributed by atoms with E-state index in [-0.39, 0.29) is 5.91 Å². The Balaban J connectivity index is 1.91. The molecule has 29 heavy (non-hydrogen) atoms. The van der Waals surface area contributed by atoms with Crippen molar-refractivity contribution in [3.05, 3.63) is 71.4 Å². The van der Waals surface area contributed by atoms with Crippen LogP contribution in [0.2, 0.25) is 5.02 Å². The first kappa shape index (κ1) is 20.6. The van der Waals surface area contributed by atoms with Crippen molar-refractivity contribution in [1.29, 1.82) is 0 Å². The van der Waals surface area contributed by atoms with Crippen LogP contribution < -0.4 is 15.4 Å². The van der Waals surface area contributed by atoms with Crippen LogP contribution in [0, 0.1) is 0 Å². The number of hydrogen-bond acceptors (Lipinski definition) is 5. The van der Waals surface area contributed by atoms with Gasteiger partial charge in [0, 0.05) is 42.9 Å². The van der Waals surface area contributed by atoms with Crippen LogP contribution in [0.1, 0.15) is 10.4 Å². The van der Waals surface area contributed by atoms with E-state index in [1.54, 1.807) is 50.7 Å². The lowest BCUT2D eigenvalue weighted by molar-refractivity contribution is 0.102. The van der Waals surface area contributed by atoms with Gasteiger partial charge < -0.3 is 20.1 Å². The first-order valence-corrected chi connectivity index (χ1v) is 9.43. The Morgan fingerprint density at radius 1 is 1.10 bits per heavy atom. The largest absolute Gasteiger partial charge is 0.497 e. The summed E-state index contributed by atoms with van der Waals surface area (Å²) in [6.45, 7) is 1.06. The Hall–Kier alpha value is -3.09. The van der Waals surface area contributed by atoms with Gasteiger partial charge >= 0.3 is 0 Å². The van der Waals surface area contributed by atoms with Gasteiger partial charge in [-0.3, -0.25) is 9.78 Å². The van der Waals surface area contributed by atoms with Gasteiger partial charge in [0.1, 0.15) is 5.75 Å². The summed E-state index contributed by atoms with van der Waals surface area (Å²) < 4.78 is 10.3. The lowest BCUT2D eigenvalue weighted by Gasteiger charge is -2.14. The molecule has 1 amide bonds. The lowest BCUT2D eigenvalue weighted by atomic mass is 10.0. The quantitative estimate of drug-likeness (QED) is 0.524. The van der Waals surface area contributed by atoms with E-state index in [0.29, 0.717) is 46.6 Å². The predicted molar refractivity (Wildman–Crippen MR) is 116 cm³/mol. The van der Waals surface area contributed by atoms with Crippen LogP contribution in [0.5, 0.6) is 5.75 Å². The summed E-state index contributed by atoms with van der Waals surface area (Å²) in [5.74, 6) is 0.429. The zero-order valence-electron chi connectivity index (χ0n) is 16.2. The molecule has 3 aromatic rings. The average Bonchev–Trinajstić information content (AvgIpc) is 2.74. The lowest BCUT2D eigenvalue weighted by Crippen LogP contribution is -2.16. The molecule has 3 rings (SSSR count). The van der Waals surface area contributed by atoms with E-state index in [9.17, 15) is 4.79 Å². The Labute approximate surface area is 174 Å². The number of methoxy groups -OCH3 is 2. The number of benzene rings is 2. The van der Waals surface area contributed by atoms with Crippen LogP contribution in [0.25, 0.3) is 11.3 Å². The van der Waals surface area contributed by atoms with Crippen molar-refractivity contribution in [2.24, 2.45) is 0 Å². The van der Waals surface area contributed by atoms with Crippen molar-refractivity contribution in [2.75, 3.05) is 38.0 Å². The first-order chi connectivity index (χ1) is 14.1. The van der Waals surface area contributed by atoms with Crippen LogP contribution in [0.4, 0.5) is 11.4 Å². The third-order valence-corrected chi connectivity index (χ3v) is 4.55. The number of carbonyl (C=O) groups excluding carboxylic acids is 1. The maximum atomic E-state index is 12.9. The second kappa shape index (κ2) is 9.91. The minimum Gasteiger partial charge on any atom is -0.497 e. The Bertz CT molecular complexity index is 995. The molecule has 7 heteroatoms. The minimum absolute atomic E-state index is 0.239. The molecule has 1 heterocycles. The van der Waals surface area contributed by atoms with Crippen molar-refractivity contribution in [1.82, 2.24) is 4.98 Å². The zero-order chi connectivity index (χ0) is 20.6. The fourth-order valence-electron chi connectivity index (χ4n) is 2.82. The molecule has 0 saturated heterocycles. The van der Waals surface area contributed by atoms with Crippen LogP contribution >= 0.6 is 11.6 Å². The molecule has 0 aliphatic heterocycles. The van der Waals surface area contributed by atoms with E-state index in [1.165, 1.54) is 0 Å². The molecule has 0 aliphatic carbocycles. The number of ether oxygens (including phenoxy) is 2. The fraction of sp³-hybridized carbons (Fsp3) is 0.182. The molecule has 1 aromatic heterocycles. The maximum absolute atomic E-state index is 12.9. The first-order valence-electron chi connectivity index (χ1n) is 9.05. The number of aromatic nitrogens is 1. The second-order valence-electron chi connectivity index (χ2n) is 6.20. The summed E-state index contributed by atoms with van der Waals surface area (Å²) in [5.41, 5.74) is 3.28. The van der Waals surface area contributed by atoms with E-state index in [2.05, 4.69) is 15.6 Å². The molecule has 0 spiro atoms. The van der Waals surface area contributed by atoms with Gasteiger partial charge in [-0.15, -0.1) is 0 Å². The zero-order valence-corrected chi connectivity index (χ0v) is 17.0. The fourth-order valence-corrected chi connectivity index (χ4v) is 3.05. The Morgan fingerprint density at radius 2 is 1.97 bits per heavy atom. The molecule has 0 bridgehead atoms. The van der Waals surface area contributed by atoms with Crippen molar-refractivity contribution < 1.29 is 14.3 Å². The summed E-state index contributed by atoms with van der Waals surface area (Å²) in [6.07, 6.45) is 1.68. The highest BCUT2D eigenvalue weighted by Gasteiger charge is 2.15. The number of amides is 1. The number of hydrogen-bond donors (Lipinski definition) is 2. The number of anilines is 2. The average molecular weight is 412 g/mol. The van der Waals surface area contributed by atoms with E-state index in [0.717, 1.165) is 5.56 Å². The summed E-state index contributed by atoms with van der Waals surface area (Å²) in [5, 5.41) is 6.70. The summed E-state index contributed by atoms with van der Waals surface area (Å²) in [7, 11) is 3.21. The van der Waals surface area contributed by atoms with Crippen molar-refractivity contribution in [3.8, 4) is 17.0 Å². The molecular weight excluding hydrogens is 390 g/mol. The van der Waals surface area contributed by atoms with Gasteiger partial charge in [-0.25, -0.2) is 0 Å². The van der Waals surface area contributed by atoms with Gasteiger partial charge in [-0.05, 0) is 36.4 Å². The third kappa shape index (κ3) is 5.25. The van der Waals surface area contributed by atoms with E-state index in [1.807, 2.05) is 24.3 Å². The molecule has 6 nitrogen and oxygen atoms in total. The highest BCUT2D eigenvalue weighted by Crippen LogP contribution is 2.30. The molecule has 2 aromatic carbocycles. The van der Waals surface area contributed by atoms with Gasteiger partial charge in [0.15, 0.2) is 0 Å². The van der Waals surface area contributed by atoms with Crippen molar-refractivity contribution >= 4 is 28.9 Å². The molecule has 0 atom stereocenters. The topological polar surface area (TPSA) is 72.5 Å². The summed E-state index contributed by atoms with van der Waals surface area (Å²) in [6, 6.07) is 16.2.